The van der Waals surface area contributed by atoms with Gasteiger partial charge < -0.3 is 5.32 Å². The van der Waals surface area contributed by atoms with Crippen molar-refractivity contribution in [1.82, 2.24) is 4.57 Å². The van der Waals surface area contributed by atoms with Crippen LogP contribution in [0.25, 0.3) is 0 Å². The Morgan fingerprint density at radius 3 is 2.47 bits per heavy atom. The Kier molecular flexibility index (Phi) is 3.05. The molecule has 0 unspecified atom stereocenters. The predicted molar refractivity (Wildman–Crippen MR) is 64.9 cm³/mol. The lowest BCUT2D eigenvalue weighted by Gasteiger charge is -2.05. The number of rotatable bonds is 2. The minimum atomic E-state index is -0.157. The Labute approximate surface area is 98.9 Å². The van der Waals surface area contributed by atoms with Gasteiger partial charge in [0.15, 0.2) is 0 Å². The van der Waals surface area contributed by atoms with Gasteiger partial charge >= 0.3 is 0 Å². The first kappa shape index (κ1) is 11.1. The van der Waals surface area contributed by atoms with Crippen molar-refractivity contribution in [2.24, 2.45) is 0 Å². The van der Waals surface area contributed by atoms with Gasteiger partial charge in [-0.2, -0.15) is 0 Å². The zero-order valence-electron chi connectivity index (χ0n) is 9.38. The summed E-state index contributed by atoms with van der Waals surface area (Å²) in [6.45, 7) is 1.43. The maximum Gasteiger partial charge on any atom is 0.261 e. The number of carbonyl (C=O) groups is 2. The zero-order chi connectivity index (χ0) is 12.3. The van der Waals surface area contributed by atoms with Crippen LogP contribution in [0, 0.1) is 0 Å². The summed E-state index contributed by atoms with van der Waals surface area (Å²) in [5, 5.41) is 2.64. The van der Waals surface area contributed by atoms with Gasteiger partial charge in [0, 0.05) is 30.6 Å². The third-order valence-corrected chi connectivity index (χ3v) is 2.27. The van der Waals surface area contributed by atoms with Crippen LogP contribution < -0.4 is 5.32 Å². The number of carbonyl (C=O) groups excluding carboxylic acids is 2. The van der Waals surface area contributed by atoms with Crippen LogP contribution in [0.5, 0.6) is 0 Å². The lowest BCUT2D eigenvalue weighted by molar-refractivity contribution is -0.114. The average molecular weight is 228 g/mol. The molecule has 0 saturated heterocycles. The second-order valence-electron chi connectivity index (χ2n) is 3.66. The van der Waals surface area contributed by atoms with E-state index in [4.69, 9.17) is 0 Å². The van der Waals surface area contributed by atoms with Gasteiger partial charge in [-0.25, -0.2) is 0 Å². The van der Waals surface area contributed by atoms with E-state index in [2.05, 4.69) is 5.32 Å². The Morgan fingerprint density at radius 1 is 1.12 bits per heavy atom. The lowest BCUT2D eigenvalue weighted by Crippen LogP contribution is -2.11. The normalized spacial score (nSPS) is 9.94. The van der Waals surface area contributed by atoms with Gasteiger partial charge in [0.25, 0.3) is 5.91 Å². The number of aromatic nitrogens is 1. The third-order valence-electron chi connectivity index (χ3n) is 2.27. The molecule has 0 fully saturated rings. The van der Waals surface area contributed by atoms with Crippen LogP contribution in [0.2, 0.25) is 0 Å². The van der Waals surface area contributed by atoms with Gasteiger partial charge in [-0.1, -0.05) is 6.07 Å². The largest absolute Gasteiger partial charge is 0.326 e. The van der Waals surface area contributed by atoms with Crippen molar-refractivity contribution < 1.29 is 9.59 Å². The molecule has 0 bridgehead atoms. The minimum Gasteiger partial charge on any atom is -0.326 e. The molecule has 0 aliphatic rings. The van der Waals surface area contributed by atoms with E-state index in [-0.39, 0.29) is 11.8 Å². The molecule has 0 saturated carbocycles. The van der Waals surface area contributed by atoms with Crippen molar-refractivity contribution in [3.63, 3.8) is 0 Å². The molecule has 1 amide bonds. The van der Waals surface area contributed by atoms with Crippen LogP contribution in [0.1, 0.15) is 17.3 Å². The lowest BCUT2D eigenvalue weighted by atomic mass is 10.2. The highest BCUT2D eigenvalue weighted by molar-refractivity contribution is 5.98. The molecule has 0 radical (unpaired) electrons. The Morgan fingerprint density at radius 2 is 1.82 bits per heavy atom. The topological polar surface area (TPSA) is 51.1 Å². The fourth-order valence-electron chi connectivity index (χ4n) is 1.55. The Balaban J connectivity index is 2.27. The van der Waals surface area contributed by atoms with Gasteiger partial charge in [-0.3, -0.25) is 14.2 Å². The molecule has 1 heterocycles. The summed E-state index contributed by atoms with van der Waals surface area (Å²) in [5.41, 5.74) is 1.16. The van der Waals surface area contributed by atoms with Crippen LogP contribution in [0.3, 0.4) is 0 Å². The summed E-state index contributed by atoms with van der Waals surface area (Å²) in [6.07, 6.45) is 3.38. The maximum absolute atomic E-state index is 12.0. The Bertz CT molecular complexity index is 544. The fraction of sp³-hybridized carbons (Fsp3) is 0.0769. The fourth-order valence-corrected chi connectivity index (χ4v) is 1.55. The van der Waals surface area contributed by atoms with Gasteiger partial charge in [0.05, 0.1) is 0 Å². The van der Waals surface area contributed by atoms with Gasteiger partial charge in [-0.05, 0) is 30.3 Å². The SMILES string of the molecule is CC(=O)Nc1cccc(C(=O)n2cccc2)c1. The molecule has 1 N–H and O–H groups in total. The third kappa shape index (κ3) is 2.60. The van der Waals surface area contributed by atoms with Gasteiger partial charge in [0.2, 0.25) is 5.91 Å². The summed E-state index contributed by atoms with van der Waals surface area (Å²) in [4.78, 5) is 22.9. The van der Waals surface area contributed by atoms with E-state index in [1.807, 2.05) is 0 Å². The highest BCUT2D eigenvalue weighted by atomic mass is 16.2. The van der Waals surface area contributed by atoms with E-state index in [1.165, 1.54) is 11.5 Å². The quantitative estimate of drug-likeness (QED) is 0.856. The molecule has 4 nitrogen and oxygen atoms in total. The van der Waals surface area contributed by atoms with E-state index in [0.29, 0.717) is 11.3 Å². The van der Waals surface area contributed by atoms with Crippen molar-refractivity contribution in [3.05, 3.63) is 54.4 Å². The average Bonchev–Trinajstić information content (AvgIpc) is 2.81. The number of benzene rings is 1. The number of hydrogen-bond donors (Lipinski definition) is 1. The monoisotopic (exact) mass is 228 g/mol. The molecule has 17 heavy (non-hydrogen) atoms. The van der Waals surface area contributed by atoms with Crippen molar-refractivity contribution in [2.75, 3.05) is 5.32 Å². The summed E-state index contributed by atoms with van der Waals surface area (Å²) >= 11 is 0. The number of amides is 1. The molecule has 0 spiro atoms. The second-order valence-corrected chi connectivity index (χ2v) is 3.66. The highest BCUT2D eigenvalue weighted by Gasteiger charge is 2.07. The summed E-state index contributed by atoms with van der Waals surface area (Å²) < 4.78 is 1.49. The highest BCUT2D eigenvalue weighted by Crippen LogP contribution is 2.12. The molecule has 0 atom stereocenters. The van der Waals surface area contributed by atoms with E-state index < -0.39 is 0 Å². The molecule has 0 aliphatic carbocycles. The number of hydrogen-bond acceptors (Lipinski definition) is 2. The first-order valence-corrected chi connectivity index (χ1v) is 5.22. The van der Waals surface area contributed by atoms with E-state index >= 15 is 0 Å². The zero-order valence-corrected chi connectivity index (χ0v) is 9.38. The number of nitrogens with zero attached hydrogens (tertiary/aromatic N) is 1. The first-order chi connectivity index (χ1) is 8.16. The number of anilines is 1. The van der Waals surface area contributed by atoms with Crippen LogP contribution in [-0.2, 0) is 4.79 Å². The van der Waals surface area contributed by atoms with E-state index in [1.54, 1.807) is 48.8 Å². The molecule has 2 rings (SSSR count). The summed E-state index contributed by atoms with van der Waals surface area (Å²) in [7, 11) is 0. The smallest absolute Gasteiger partial charge is 0.261 e. The molecular formula is C13H12N2O2. The molecule has 2 aromatic rings. The molecular weight excluding hydrogens is 216 g/mol. The van der Waals surface area contributed by atoms with Crippen LogP contribution in [-0.4, -0.2) is 16.4 Å². The standard InChI is InChI=1S/C13H12N2O2/c1-10(16)14-12-6-4-5-11(9-12)13(17)15-7-2-3-8-15/h2-9H,1H3,(H,14,16). The molecule has 0 aliphatic heterocycles. The summed E-state index contributed by atoms with van der Waals surface area (Å²) in [6, 6.07) is 10.4. The molecule has 1 aromatic carbocycles. The Hall–Kier alpha value is -2.36. The predicted octanol–water partition coefficient (Wildman–Crippen LogP) is 2.13. The number of nitrogens with one attached hydrogen (secondary N) is 1. The van der Waals surface area contributed by atoms with E-state index in [0.717, 1.165) is 0 Å². The summed E-state index contributed by atoms with van der Waals surface area (Å²) in [5.74, 6) is -0.280. The second kappa shape index (κ2) is 4.65. The van der Waals surface area contributed by atoms with Crippen molar-refractivity contribution in [1.29, 1.82) is 0 Å². The van der Waals surface area contributed by atoms with E-state index in [9.17, 15) is 9.59 Å². The first-order valence-electron chi connectivity index (χ1n) is 5.22. The van der Waals surface area contributed by atoms with Crippen LogP contribution >= 0.6 is 0 Å². The van der Waals surface area contributed by atoms with Crippen LogP contribution in [0.4, 0.5) is 5.69 Å². The van der Waals surface area contributed by atoms with Gasteiger partial charge in [0.1, 0.15) is 0 Å². The minimum absolute atomic E-state index is 0.123. The van der Waals surface area contributed by atoms with Gasteiger partial charge in [-0.15, -0.1) is 0 Å². The molecule has 1 aromatic heterocycles. The van der Waals surface area contributed by atoms with Crippen molar-refractivity contribution in [3.8, 4) is 0 Å². The molecule has 4 heteroatoms. The van der Waals surface area contributed by atoms with Crippen LogP contribution in [0.15, 0.2) is 48.8 Å². The van der Waals surface area contributed by atoms with Crippen molar-refractivity contribution in [2.45, 2.75) is 6.92 Å². The van der Waals surface area contributed by atoms with Crippen molar-refractivity contribution >= 4 is 17.5 Å². The molecule has 86 valence electrons. The maximum atomic E-state index is 12.0.